The average Bonchev–Trinajstić information content (AvgIpc) is 3.12. The number of unbranched alkanes of at least 4 members (excludes halogenated alkanes) is 13. The van der Waals surface area contributed by atoms with Crippen LogP contribution in [0.25, 0.3) is 0 Å². The van der Waals surface area contributed by atoms with Gasteiger partial charge in [0.25, 0.3) is 0 Å². The predicted octanol–water partition coefficient (Wildman–Crippen LogP) is 11.7. The summed E-state index contributed by atoms with van der Waals surface area (Å²) in [7, 11) is 1.44. The Morgan fingerprint density at radius 2 is 1.06 bits per heavy atom. The largest absolute Gasteiger partial charge is 0.472 e. The highest BCUT2D eigenvalue weighted by atomic mass is 31.2. The van der Waals surface area contributed by atoms with Crippen molar-refractivity contribution in [1.82, 2.24) is 0 Å². The van der Waals surface area contributed by atoms with E-state index in [0.717, 1.165) is 77.0 Å². The fraction of sp³-hybridized carbons (Fsp3) is 0.727. The van der Waals surface area contributed by atoms with Crippen molar-refractivity contribution < 1.29 is 42.1 Å². The second kappa shape index (κ2) is 36.4. The van der Waals surface area contributed by atoms with Crippen LogP contribution in [0.5, 0.6) is 0 Å². The van der Waals surface area contributed by atoms with Crippen LogP contribution < -0.4 is 0 Å². The SMILES string of the molecule is CC/C=C/C/C=C/C/C=C/CCCCCCCC(=O)O[C@H](COC(=O)CCCC/C=C/C/C=C/CCCCCCCC)COP(=O)(O)OCC[N+](C)(C)C. The molecule has 2 atom stereocenters. The molecular formula is C44H79NO8P+. The van der Waals surface area contributed by atoms with Crippen molar-refractivity contribution in [1.29, 1.82) is 0 Å². The Morgan fingerprint density at radius 3 is 1.61 bits per heavy atom. The van der Waals surface area contributed by atoms with E-state index in [2.05, 4.69) is 74.6 Å². The first-order valence-corrected chi connectivity index (χ1v) is 22.5. The summed E-state index contributed by atoms with van der Waals surface area (Å²) in [6.45, 7) is 4.22. The number of carbonyl (C=O) groups is 2. The van der Waals surface area contributed by atoms with E-state index in [0.29, 0.717) is 23.9 Å². The van der Waals surface area contributed by atoms with Gasteiger partial charge in [0.1, 0.15) is 19.8 Å². The fourth-order valence-electron chi connectivity index (χ4n) is 5.23. The van der Waals surface area contributed by atoms with Crippen LogP contribution in [0.1, 0.15) is 155 Å². The van der Waals surface area contributed by atoms with Gasteiger partial charge in [-0.2, -0.15) is 0 Å². The van der Waals surface area contributed by atoms with Crippen molar-refractivity contribution in [3.05, 3.63) is 60.8 Å². The van der Waals surface area contributed by atoms with Crippen LogP contribution in [-0.2, 0) is 32.7 Å². The third-order valence-electron chi connectivity index (χ3n) is 8.53. The minimum Gasteiger partial charge on any atom is -0.462 e. The van der Waals surface area contributed by atoms with E-state index in [1.54, 1.807) is 0 Å². The van der Waals surface area contributed by atoms with Crippen LogP contribution in [0, 0.1) is 0 Å². The molecule has 0 aliphatic heterocycles. The Labute approximate surface area is 330 Å². The molecule has 0 fully saturated rings. The molecule has 0 radical (unpaired) electrons. The van der Waals surface area contributed by atoms with Gasteiger partial charge in [-0.1, -0.05) is 126 Å². The number of esters is 2. The number of rotatable bonds is 37. The van der Waals surface area contributed by atoms with Gasteiger partial charge in [0.15, 0.2) is 6.10 Å². The normalized spacial score (nSPS) is 14.3. The number of nitrogens with zero attached hydrogens (tertiary/aromatic N) is 1. The third-order valence-corrected chi connectivity index (χ3v) is 9.52. The van der Waals surface area contributed by atoms with Gasteiger partial charge in [0, 0.05) is 12.8 Å². The van der Waals surface area contributed by atoms with Crippen LogP contribution in [-0.4, -0.2) is 74.9 Å². The van der Waals surface area contributed by atoms with Gasteiger partial charge < -0.3 is 18.9 Å². The topological polar surface area (TPSA) is 108 Å². The molecule has 0 spiro atoms. The molecular weight excluding hydrogens is 701 g/mol. The molecule has 0 aromatic carbocycles. The Bertz CT molecular complexity index is 1110. The number of quaternary nitrogens is 1. The van der Waals surface area contributed by atoms with Crippen LogP contribution in [0.15, 0.2) is 60.8 Å². The minimum atomic E-state index is -4.39. The van der Waals surface area contributed by atoms with Crippen molar-refractivity contribution in [2.45, 2.75) is 161 Å². The number of carbonyl (C=O) groups excluding carboxylic acids is 2. The zero-order valence-corrected chi connectivity index (χ0v) is 35.8. The highest BCUT2D eigenvalue weighted by Gasteiger charge is 2.27. The van der Waals surface area contributed by atoms with E-state index < -0.39 is 32.5 Å². The highest BCUT2D eigenvalue weighted by molar-refractivity contribution is 7.47. The van der Waals surface area contributed by atoms with E-state index in [9.17, 15) is 19.0 Å². The van der Waals surface area contributed by atoms with Gasteiger partial charge in [-0.3, -0.25) is 18.6 Å². The fourth-order valence-corrected chi connectivity index (χ4v) is 5.97. The van der Waals surface area contributed by atoms with Crippen LogP contribution in [0.3, 0.4) is 0 Å². The zero-order valence-electron chi connectivity index (χ0n) is 34.9. The molecule has 0 saturated carbocycles. The first-order chi connectivity index (χ1) is 26.0. The van der Waals surface area contributed by atoms with Gasteiger partial charge >= 0.3 is 19.8 Å². The Morgan fingerprint density at radius 1 is 0.593 bits per heavy atom. The van der Waals surface area contributed by atoms with Crippen molar-refractivity contribution in [3.63, 3.8) is 0 Å². The summed E-state index contributed by atoms with van der Waals surface area (Å²) in [6.07, 6.45) is 42.7. The average molecular weight is 781 g/mol. The maximum Gasteiger partial charge on any atom is 0.472 e. The third kappa shape index (κ3) is 39.4. The molecule has 0 rings (SSSR count). The summed E-state index contributed by atoms with van der Waals surface area (Å²) in [5.41, 5.74) is 0. The van der Waals surface area contributed by atoms with E-state index in [-0.39, 0.29) is 26.1 Å². The molecule has 1 N–H and O–H groups in total. The summed E-state index contributed by atoms with van der Waals surface area (Å²) in [4.78, 5) is 35.3. The maximum absolute atomic E-state index is 12.7. The second-order valence-electron chi connectivity index (χ2n) is 15.0. The molecule has 0 bridgehead atoms. The Hall–Kier alpha value is -2.29. The second-order valence-corrected chi connectivity index (χ2v) is 16.4. The molecule has 0 saturated heterocycles. The number of likely N-dealkylation sites (N-methyl/N-ethyl adjacent to an activating group) is 1. The van der Waals surface area contributed by atoms with Crippen molar-refractivity contribution >= 4 is 19.8 Å². The summed E-state index contributed by atoms with van der Waals surface area (Å²) < 4.78 is 34.2. The molecule has 10 heteroatoms. The Kier molecular flexibility index (Phi) is 34.8. The molecule has 9 nitrogen and oxygen atoms in total. The van der Waals surface area contributed by atoms with Crippen LogP contribution in [0.4, 0.5) is 0 Å². The highest BCUT2D eigenvalue weighted by Crippen LogP contribution is 2.43. The lowest BCUT2D eigenvalue weighted by Crippen LogP contribution is -2.37. The standard InChI is InChI=1S/C44H78NO8P/c1-6-8-10-12-14-16-18-20-22-24-26-28-30-32-34-36-43(46)50-40-42(41-52-54(48,49)51-39-38-45(3,4)5)53-44(47)37-35-33-31-29-27-25-23-21-19-17-15-13-11-9-7-2/h9,11,15,17,20-23,26,28,42H,6-8,10,12-14,16,18-19,24-25,27,29-41H2,1-5H3/p+1/b11-9+,17-15+,22-20+,23-21+,28-26+/t42-/m1/s1. The van der Waals surface area contributed by atoms with Crippen molar-refractivity contribution in [3.8, 4) is 0 Å². The number of phosphoric ester groups is 1. The summed E-state index contributed by atoms with van der Waals surface area (Å²) >= 11 is 0. The number of phosphoric acid groups is 1. The first kappa shape index (κ1) is 51.7. The molecule has 312 valence electrons. The Balaban J connectivity index is 4.48. The lowest BCUT2D eigenvalue weighted by Gasteiger charge is -2.24. The molecule has 0 aliphatic carbocycles. The molecule has 0 amide bonds. The molecule has 0 aromatic rings. The quantitative estimate of drug-likeness (QED) is 0.0218. The number of hydrogen-bond acceptors (Lipinski definition) is 7. The molecule has 54 heavy (non-hydrogen) atoms. The monoisotopic (exact) mass is 781 g/mol. The smallest absolute Gasteiger partial charge is 0.462 e. The minimum absolute atomic E-state index is 0.0205. The lowest BCUT2D eigenvalue weighted by atomic mass is 10.1. The molecule has 0 heterocycles. The van der Waals surface area contributed by atoms with Gasteiger partial charge in [0.05, 0.1) is 27.7 Å². The maximum atomic E-state index is 12.7. The molecule has 0 aromatic heterocycles. The first-order valence-electron chi connectivity index (χ1n) is 21.0. The molecule has 0 aliphatic rings. The van der Waals surface area contributed by atoms with E-state index >= 15 is 0 Å². The summed E-state index contributed by atoms with van der Waals surface area (Å²) in [6, 6.07) is 0. The van der Waals surface area contributed by atoms with Gasteiger partial charge in [-0.15, -0.1) is 0 Å². The number of ether oxygens (including phenoxy) is 2. The lowest BCUT2D eigenvalue weighted by molar-refractivity contribution is -0.870. The van der Waals surface area contributed by atoms with Gasteiger partial charge in [-0.05, 0) is 77.0 Å². The number of hydrogen-bond donors (Lipinski definition) is 1. The van der Waals surface area contributed by atoms with E-state index in [4.69, 9.17) is 18.5 Å². The zero-order chi connectivity index (χ0) is 40.0. The van der Waals surface area contributed by atoms with Gasteiger partial charge in [0.2, 0.25) is 0 Å². The number of allylic oxidation sites excluding steroid dienone is 10. The summed E-state index contributed by atoms with van der Waals surface area (Å²) in [5, 5.41) is 0. The molecule has 1 unspecified atom stereocenters. The van der Waals surface area contributed by atoms with Crippen LogP contribution in [0.2, 0.25) is 0 Å². The van der Waals surface area contributed by atoms with Gasteiger partial charge in [-0.25, -0.2) is 4.57 Å². The predicted molar refractivity (Wildman–Crippen MR) is 224 cm³/mol. The van der Waals surface area contributed by atoms with E-state index in [1.807, 2.05) is 21.1 Å². The van der Waals surface area contributed by atoms with Crippen molar-refractivity contribution in [2.24, 2.45) is 0 Å². The summed E-state index contributed by atoms with van der Waals surface area (Å²) in [5.74, 6) is -0.862. The van der Waals surface area contributed by atoms with E-state index in [1.165, 1.54) is 38.5 Å². The van der Waals surface area contributed by atoms with Crippen molar-refractivity contribution in [2.75, 3.05) is 47.5 Å². The van der Waals surface area contributed by atoms with Crippen LogP contribution >= 0.6 is 7.82 Å².